The van der Waals surface area contributed by atoms with Crippen molar-refractivity contribution in [2.45, 2.75) is 36.2 Å². The maximum atomic E-state index is 5.38. The fraction of sp³-hybridized carbons (Fsp3) is 0.333. The Bertz CT molecular complexity index is 916. The molecule has 0 radical (unpaired) electrons. The lowest BCUT2D eigenvalue weighted by Crippen LogP contribution is -2.02. The Labute approximate surface area is 155 Å². The van der Waals surface area contributed by atoms with Gasteiger partial charge in [-0.25, -0.2) is 0 Å². The lowest BCUT2D eigenvalue weighted by atomic mass is 10.2. The monoisotopic (exact) mass is 369 g/mol. The Balaban J connectivity index is 1.47. The molecule has 0 unspecified atom stereocenters. The lowest BCUT2D eigenvalue weighted by molar-refractivity contribution is 0.391. The first-order valence-electron chi connectivity index (χ1n) is 8.42. The van der Waals surface area contributed by atoms with E-state index in [1.54, 1.807) is 18.9 Å². The second-order valence-electron chi connectivity index (χ2n) is 6.05. The third kappa shape index (κ3) is 3.50. The van der Waals surface area contributed by atoms with Gasteiger partial charge in [-0.1, -0.05) is 35.1 Å². The molecular formula is C18H19N5O2S. The average molecular weight is 369 g/mol. The van der Waals surface area contributed by atoms with Crippen LogP contribution < -0.4 is 4.74 Å². The molecule has 1 aliphatic rings. The van der Waals surface area contributed by atoms with Gasteiger partial charge in [0.25, 0.3) is 0 Å². The zero-order valence-electron chi connectivity index (χ0n) is 14.5. The molecule has 134 valence electrons. The van der Waals surface area contributed by atoms with Crippen molar-refractivity contribution >= 4 is 11.8 Å². The molecule has 0 saturated heterocycles. The smallest absolute Gasteiger partial charge is 0.237 e. The van der Waals surface area contributed by atoms with E-state index in [9.17, 15) is 0 Å². The zero-order valence-corrected chi connectivity index (χ0v) is 15.3. The Kier molecular flexibility index (Phi) is 4.75. The van der Waals surface area contributed by atoms with E-state index in [2.05, 4.69) is 31.5 Å². The first-order valence-corrected chi connectivity index (χ1v) is 9.41. The Hall–Kier alpha value is -2.61. The van der Waals surface area contributed by atoms with Crippen LogP contribution in [0.5, 0.6) is 5.75 Å². The van der Waals surface area contributed by atoms with Gasteiger partial charge >= 0.3 is 0 Å². The first kappa shape index (κ1) is 16.8. The number of methoxy groups -OCH3 is 1. The van der Waals surface area contributed by atoms with Gasteiger partial charge in [-0.2, -0.15) is 4.98 Å². The highest BCUT2D eigenvalue weighted by Gasteiger charge is 2.30. The molecule has 0 N–H and O–H groups in total. The van der Waals surface area contributed by atoms with E-state index < -0.39 is 0 Å². The van der Waals surface area contributed by atoms with Crippen LogP contribution in [0.15, 0.2) is 46.6 Å². The van der Waals surface area contributed by atoms with Crippen LogP contribution in [0.25, 0.3) is 11.4 Å². The van der Waals surface area contributed by atoms with Crippen LogP contribution in [0.3, 0.4) is 0 Å². The summed E-state index contributed by atoms with van der Waals surface area (Å²) in [6.07, 6.45) is 4.24. The van der Waals surface area contributed by atoms with Crippen LogP contribution in [0.2, 0.25) is 0 Å². The zero-order chi connectivity index (χ0) is 17.9. The van der Waals surface area contributed by atoms with E-state index >= 15 is 0 Å². The van der Waals surface area contributed by atoms with Crippen molar-refractivity contribution in [2.24, 2.45) is 0 Å². The summed E-state index contributed by atoms with van der Waals surface area (Å²) >= 11 is 1.54. The summed E-state index contributed by atoms with van der Waals surface area (Å²) in [6, 6.07) is 7.58. The number of nitrogens with zero attached hydrogens (tertiary/aromatic N) is 5. The summed E-state index contributed by atoms with van der Waals surface area (Å²) in [5.74, 6) is 3.99. The number of benzene rings is 1. The molecule has 1 saturated carbocycles. The van der Waals surface area contributed by atoms with Gasteiger partial charge in [-0.15, -0.1) is 16.8 Å². The number of rotatable bonds is 8. The minimum absolute atomic E-state index is 0.539. The Morgan fingerprint density at radius 1 is 1.38 bits per heavy atom. The molecule has 2 aromatic heterocycles. The number of aromatic nitrogens is 5. The maximum absolute atomic E-state index is 5.38. The van der Waals surface area contributed by atoms with Crippen molar-refractivity contribution in [3.05, 3.63) is 48.6 Å². The lowest BCUT2D eigenvalue weighted by Gasteiger charge is -2.05. The third-order valence-electron chi connectivity index (χ3n) is 4.12. The van der Waals surface area contributed by atoms with Crippen LogP contribution >= 0.6 is 11.8 Å². The number of hydrogen-bond donors (Lipinski definition) is 0. The van der Waals surface area contributed by atoms with Gasteiger partial charge < -0.3 is 13.8 Å². The second-order valence-corrected chi connectivity index (χ2v) is 6.99. The summed E-state index contributed by atoms with van der Waals surface area (Å²) in [6.45, 7) is 4.54. The minimum Gasteiger partial charge on any atom is -0.497 e. The van der Waals surface area contributed by atoms with E-state index in [1.165, 1.54) is 12.8 Å². The number of ether oxygens (including phenoxy) is 1. The van der Waals surface area contributed by atoms with Gasteiger partial charge in [-0.3, -0.25) is 0 Å². The number of thioether (sulfide) groups is 1. The summed E-state index contributed by atoms with van der Waals surface area (Å²) < 4.78 is 12.7. The van der Waals surface area contributed by atoms with Crippen molar-refractivity contribution in [1.82, 2.24) is 24.9 Å². The molecule has 0 spiro atoms. The average Bonchev–Trinajstić information content (AvgIpc) is 3.27. The van der Waals surface area contributed by atoms with Gasteiger partial charge in [-0.05, 0) is 25.0 Å². The molecule has 1 aliphatic carbocycles. The second kappa shape index (κ2) is 7.33. The summed E-state index contributed by atoms with van der Waals surface area (Å²) in [7, 11) is 1.63. The standard InChI is InChI=1S/C18H19N5O2S/c1-3-9-23-17(12-7-8-12)20-21-18(23)26-11-15-19-16(22-25-15)13-5-4-6-14(10-13)24-2/h3-6,10,12H,1,7-9,11H2,2H3. The fourth-order valence-electron chi connectivity index (χ4n) is 2.67. The maximum Gasteiger partial charge on any atom is 0.237 e. The van der Waals surface area contributed by atoms with Crippen molar-refractivity contribution < 1.29 is 9.26 Å². The SMILES string of the molecule is C=CCn1c(SCc2nc(-c3cccc(OC)c3)no2)nnc1C1CC1. The number of hydrogen-bond acceptors (Lipinski definition) is 7. The van der Waals surface area contributed by atoms with E-state index in [4.69, 9.17) is 9.26 Å². The summed E-state index contributed by atoms with van der Waals surface area (Å²) in [5, 5.41) is 13.6. The van der Waals surface area contributed by atoms with Crippen molar-refractivity contribution in [3.8, 4) is 17.1 Å². The van der Waals surface area contributed by atoms with Crippen LogP contribution in [0, 0.1) is 0 Å². The number of allylic oxidation sites excluding steroid dienone is 1. The Morgan fingerprint density at radius 2 is 2.27 bits per heavy atom. The molecule has 0 aliphatic heterocycles. The van der Waals surface area contributed by atoms with Crippen molar-refractivity contribution in [2.75, 3.05) is 7.11 Å². The molecule has 2 heterocycles. The topological polar surface area (TPSA) is 78.9 Å². The first-order chi connectivity index (χ1) is 12.8. The highest BCUT2D eigenvalue weighted by Crippen LogP contribution is 2.40. The van der Waals surface area contributed by atoms with E-state index in [1.807, 2.05) is 30.3 Å². The van der Waals surface area contributed by atoms with Gasteiger partial charge in [0.1, 0.15) is 11.6 Å². The van der Waals surface area contributed by atoms with E-state index in [-0.39, 0.29) is 0 Å². The normalized spacial score (nSPS) is 13.7. The quantitative estimate of drug-likeness (QED) is 0.442. The highest BCUT2D eigenvalue weighted by molar-refractivity contribution is 7.98. The highest BCUT2D eigenvalue weighted by atomic mass is 32.2. The third-order valence-corrected chi connectivity index (χ3v) is 5.07. The van der Waals surface area contributed by atoms with Gasteiger partial charge in [0.05, 0.1) is 12.9 Å². The molecule has 8 heteroatoms. The molecular weight excluding hydrogens is 350 g/mol. The summed E-state index contributed by atoms with van der Waals surface area (Å²) in [5.41, 5.74) is 0.857. The van der Waals surface area contributed by atoms with E-state index in [0.717, 1.165) is 22.3 Å². The molecule has 0 bridgehead atoms. The van der Waals surface area contributed by atoms with Crippen LogP contribution in [-0.4, -0.2) is 32.0 Å². The molecule has 7 nitrogen and oxygen atoms in total. The molecule has 26 heavy (non-hydrogen) atoms. The van der Waals surface area contributed by atoms with Crippen molar-refractivity contribution in [3.63, 3.8) is 0 Å². The van der Waals surface area contributed by atoms with Crippen LogP contribution in [-0.2, 0) is 12.3 Å². The minimum atomic E-state index is 0.539. The van der Waals surface area contributed by atoms with Gasteiger partial charge in [0, 0.05) is 18.0 Å². The molecule has 4 rings (SSSR count). The van der Waals surface area contributed by atoms with Crippen LogP contribution in [0.4, 0.5) is 0 Å². The predicted molar refractivity (Wildman–Crippen MR) is 98.0 cm³/mol. The Morgan fingerprint density at radius 3 is 3.04 bits per heavy atom. The molecule has 0 atom stereocenters. The largest absolute Gasteiger partial charge is 0.497 e. The van der Waals surface area contributed by atoms with Crippen molar-refractivity contribution in [1.29, 1.82) is 0 Å². The van der Waals surface area contributed by atoms with Crippen LogP contribution in [0.1, 0.15) is 30.5 Å². The van der Waals surface area contributed by atoms with E-state index in [0.29, 0.717) is 29.9 Å². The summed E-state index contributed by atoms with van der Waals surface area (Å²) in [4.78, 5) is 4.47. The molecule has 3 aromatic rings. The molecule has 1 aromatic carbocycles. The van der Waals surface area contributed by atoms with Gasteiger partial charge in [0.2, 0.25) is 11.7 Å². The predicted octanol–water partition coefficient (Wildman–Crippen LogP) is 3.69. The van der Waals surface area contributed by atoms with Gasteiger partial charge in [0.15, 0.2) is 5.16 Å². The fourth-order valence-corrected chi connectivity index (χ4v) is 3.46. The molecule has 0 amide bonds. The molecule has 1 fully saturated rings.